The first-order chi connectivity index (χ1) is 10.9. The number of hydrogen-bond acceptors (Lipinski definition) is 4. The zero-order valence-corrected chi connectivity index (χ0v) is 14.0. The lowest BCUT2D eigenvalue weighted by molar-refractivity contribution is -0.147. The summed E-state index contributed by atoms with van der Waals surface area (Å²) in [4.78, 5) is 24.9. The fourth-order valence-electron chi connectivity index (χ4n) is 2.90. The van der Waals surface area contributed by atoms with Crippen LogP contribution in [0.5, 0.6) is 0 Å². The molecule has 0 aliphatic carbocycles. The minimum atomic E-state index is -0.863. The van der Waals surface area contributed by atoms with Crippen LogP contribution in [-0.4, -0.2) is 40.3 Å². The van der Waals surface area contributed by atoms with Gasteiger partial charge in [0.2, 0.25) is 0 Å². The van der Waals surface area contributed by atoms with Crippen LogP contribution in [-0.2, 0) is 11.3 Å². The molecule has 23 heavy (non-hydrogen) atoms. The SMILES string of the molecule is CCC(CC)c1cc(CNC(=O)N2CCC(C)(C(=O)O)C2)on1. The Bertz CT molecular complexity index is 567. The summed E-state index contributed by atoms with van der Waals surface area (Å²) in [5, 5.41) is 16.0. The zero-order chi connectivity index (χ0) is 17.0. The fourth-order valence-corrected chi connectivity index (χ4v) is 2.90. The molecule has 0 aromatic carbocycles. The number of urea groups is 1. The van der Waals surface area contributed by atoms with Crippen molar-refractivity contribution < 1.29 is 19.2 Å². The molecule has 7 heteroatoms. The molecule has 1 aliphatic rings. The van der Waals surface area contributed by atoms with E-state index in [0.29, 0.717) is 24.6 Å². The predicted octanol–water partition coefficient (Wildman–Crippen LogP) is 2.58. The van der Waals surface area contributed by atoms with Crippen LogP contribution in [0.3, 0.4) is 0 Å². The van der Waals surface area contributed by atoms with Gasteiger partial charge >= 0.3 is 12.0 Å². The topological polar surface area (TPSA) is 95.7 Å². The summed E-state index contributed by atoms with van der Waals surface area (Å²) in [6.45, 7) is 6.81. The predicted molar refractivity (Wildman–Crippen MR) is 84.0 cm³/mol. The van der Waals surface area contributed by atoms with E-state index in [-0.39, 0.29) is 19.1 Å². The van der Waals surface area contributed by atoms with Crippen molar-refractivity contribution in [1.29, 1.82) is 0 Å². The monoisotopic (exact) mass is 323 g/mol. The Labute approximate surface area is 136 Å². The first kappa shape index (κ1) is 17.3. The lowest BCUT2D eigenvalue weighted by atomic mass is 9.90. The molecule has 128 valence electrons. The van der Waals surface area contributed by atoms with Crippen LogP contribution in [0.25, 0.3) is 0 Å². The lowest BCUT2D eigenvalue weighted by Crippen LogP contribution is -2.40. The van der Waals surface area contributed by atoms with E-state index in [4.69, 9.17) is 4.52 Å². The third-order valence-electron chi connectivity index (χ3n) is 4.67. The van der Waals surface area contributed by atoms with Gasteiger partial charge in [-0.05, 0) is 26.2 Å². The van der Waals surface area contributed by atoms with E-state index in [0.717, 1.165) is 18.5 Å². The van der Waals surface area contributed by atoms with Crippen LogP contribution in [0.15, 0.2) is 10.6 Å². The maximum absolute atomic E-state index is 12.1. The number of likely N-dealkylation sites (tertiary alicyclic amines) is 1. The van der Waals surface area contributed by atoms with Crippen LogP contribution in [0.1, 0.15) is 57.4 Å². The van der Waals surface area contributed by atoms with Crippen LogP contribution in [0, 0.1) is 5.41 Å². The van der Waals surface area contributed by atoms with E-state index in [1.165, 1.54) is 4.90 Å². The number of nitrogens with zero attached hydrogens (tertiary/aromatic N) is 2. The van der Waals surface area contributed by atoms with Crippen molar-refractivity contribution in [3.8, 4) is 0 Å². The smallest absolute Gasteiger partial charge is 0.317 e. The lowest BCUT2D eigenvalue weighted by Gasteiger charge is -2.20. The van der Waals surface area contributed by atoms with Crippen molar-refractivity contribution in [3.63, 3.8) is 0 Å². The quantitative estimate of drug-likeness (QED) is 0.839. The van der Waals surface area contributed by atoms with E-state index < -0.39 is 11.4 Å². The first-order valence-electron chi connectivity index (χ1n) is 8.11. The Morgan fingerprint density at radius 2 is 2.17 bits per heavy atom. The summed E-state index contributed by atoms with van der Waals surface area (Å²) in [5.41, 5.74) is 0.0607. The Kier molecular flexibility index (Phi) is 5.28. The largest absolute Gasteiger partial charge is 0.481 e. The van der Waals surface area contributed by atoms with Crippen molar-refractivity contribution in [2.24, 2.45) is 5.41 Å². The van der Waals surface area contributed by atoms with Crippen molar-refractivity contribution >= 4 is 12.0 Å². The molecule has 2 heterocycles. The molecule has 1 fully saturated rings. The molecule has 1 atom stereocenters. The van der Waals surface area contributed by atoms with Gasteiger partial charge in [0.05, 0.1) is 17.7 Å². The van der Waals surface area contributed by atoms with Gasteiger partial charge in [0, 0.05) is 25.1 Å². The Morgan fingerprint density at radius 1 is 1.48 bits per heavy atom. The van der Waals surface area contributed by atoms with Gasteiger partial charge in [-0.1, -0.05) is 19.0 Å². The highest BCUT2D eigenvalue weighted by molar-refractivity contribution is 5.79. The maximum atomic E-state index is 12.1. The summed E-state index contributed by atoms with van der Waals surface area (Å²) >= 11 is 0. The number of carboxylic acids is 1. The van der Waals surface area contributed by atoms with Gasteiger partial charge in [-0.3, -0.25) is 4.79 Å². The average Bonchev–Trinajstić information content (AvgIpc) is 3.14. The van der Waals surface area contributed by atoms with Gasteiger partial charge in [0.25, 0.3) is 0 Å². The van der Waals surface area contributed by atoms with Crippen molar-refractivity contribution in [2.75, 3.05) is 13.1 Å². The van der Waals surface area contributed by atoms with Gasteiger partial charge in [-0.25, -0.2) is 4.79 Å². The summed E-state index contributed by atoms with van der Waals surface area (Å²) in [5.74, 6) is 0.122. The van der Waals surface area contributed by atoms with Gasteiger partial charge in [0.1, 0.15) is 0 Å². The third-order valence-corrected chi connectivity index (χ3v) is 4.67. The molecule has 7 nitrogen and oxygen atoms in total. The molecule has 0 radical (unpaired) electrons. The highest BCUT2D eigenvalue weighted by Gasteiger charge is 2.42. The number of carbonyl (C=O) groups is 2. The van der Waals surface area contributed by atoms with Crippen LogP contribution in [0.4, 0.5) is 4.79 Å². The van der Waals surface area contributed by atoms with E-state index in [1.54, 1.807) is 6.92 Å². The number of carboxylic acid groups (broad SMARTS) is 1. The normalized spacial score (nSPS) is 21.0. The minimum Gasteiger partial charge on any atom is -0.481 e. The second-order valence-electron chi connectivity index (χ2n) is 6.43. The van der Waals surface area contributed by atoms with E-state index in [1.807, 2.05) is 6.07 Å². The molecule has 1 saturated heterocycles. The number of nitrogens with one attached hydrogen (secondary N) is 1. The summed E-state index contributed by atoms with van der Waals surface area (Å²) in [6.07, 6.45) is 2.46. The van der Waals surface area contributed by atoms with Crippen molar-refractivity contribution in [2.45, 2.75) is 52.5 Å². The summed E-state index contributed by atoms with van der Waals surface area (Å²) < 4.78 is 5.26. The number of amides is 2. The maximum Gasteiger partial charge on any atom is 0.317 e. The standard InChI is InChI=1S/C16H25N3O4/c1-4-11(5-2)13-8-12(23-18-13)9-17-15(22)19-7-6-16(3,10-19)14(20)21/h8,11H,4-7,9-10H2,1-3H3,(H,17,22)(H,20,21). The summed E-state index contributed by atoms with van der Waals surface area (Å²) in [7, 11) is 0. The highest BCUT2D eigenvalue weighted by Crippen LogP contribution is 2.30. The summed E-state index contributed by atoms with van der Waals surface area (Å²) in [6, 6.07) is 1.61. The van der Waals surface area contributed by atoms with Crippen LogP contribution < -0.4 is 5.32 Å². The van der Waals surface area contributed by atoms with Gasteiger partial charge in [-0.15, -0.1) is 0 Å². The van der Waals surface area contributed by atoms with Gasteiger partial charge in [0.15, 0.2) is 5.76 Å². The fraction of sp³-hybridized carbons (Fsp3) is 0.688. The zero-order valence-electron chi connectivity index (χ0n) is 14.0. The molecule has 2 rings (SSSR count). The Morgan fingerprint density at radius 3 is 2.74 bits per heavy atom. The Balaban J connectivity index is 1.87. The second kappa shape index (κ2) is 7.02. The number of aromatic nitrogens is 1. The number of rotatable bonds is 6. The molecule has 1 aromatic heterocycles. The molecule has 1 aliphatic heterocycles. The second-order valence-corrected chi connectivity index (χ2v) is 6.43. The van der Waals surface area contributed by atoms with Crippen LogP contribution in [0.2, 0.25) is 0 Å². The molecule has 0 bridgehead atoms. The highest BCUT2D eigenvalue weighted by atomic mass is 16.5. The van der Waals surface area contributed by atoms with E-state index >= 15 is 0 Å². The van der Waals surface area contributed by atoms with Crippen LogP contribution >= 0.6 is 0 Å². The number of aliphatic carboxylic acids is 1. The molecule has 2 N–H and O–H groups in total. The molecule has 0 spiro atoms. The molecular weight excluding hydrogens is 298 g/mol. The third kappa shape index (κ3) is 3.83. The minimum absolute atomic E-state index is 0.226. The van der Waals surface area contributed by atoms with Gasteiger partial charge < -0.3 is 19.8 Å². The molecule has 2 amide bonds. The van der Waals surface area contributed by atoms with E-state index in [2.05, 4.69) is 24.3 Å². The average molecular weight is 323 g/mol. The first-order valence-corrected chi connectivity index (χ1v) is 8.11. The van der Waals surface area contributed by atoms with Gasteiger partial charge in [-0.2, -0.15) is 0 Å². The molecule has 1 aromatic rings. The Hall–Kier alpha value is -2.05. The number of carbonyl (C=O) groups excluding carboxylic acids is 1. The molecule has 0 saturated carbocycles. The van der Waals surface area contributed by atoms with Crippen molar-refractivity contribution in [3.05, 3.63) is 17.5 Å². The van der Waals surface area contributed by atoms with E-state index in [9.17, 15) is 14.7 Å². The number of hydrogen-bond donors (Lipinski definition) is 2. The molecule has 1 unspecified atom stereocenters. The van der Waals surface area contributed by atoms with Crippen molar-refractivity contribution in [1.82, 2.24) is 15.4 Å². The molecular formula is C16H25N3O4.